The first kappa shape index (κ1) is 12.8. The number of ether oxygens (including phenoxy) is 1. The van der Waals surface area contributed by atoms with E-state index in [0.29, 0.717) is 17.7 Å². The molecule has 0 aliphatic carbocycles. The van der Waals surface area contributed by atoms with Crippen molar-refractivity contribution in [3.8, 4) is 11.5 Å². The molecule has 0 aromatic heterocycles. The van der Waals surface area contributed by atoms with Crippen LogP contribution in [0.4, 0.5) is 0 Å². The fourth-order valence-electron chi connectivity index (χ4n) is 1.60. The summed E-state index contributed by atoms with van der Waals surface area (Å²) in [6.45, 7) is 1.85. The van der Waals surface area contributed by atoms with Crippen LogP contribution in [0.25, 0.3) is 0 Å². The van der Waals surface area contributed by atoms with Crippen LogP contribution in [0.2, 0.25) is 0 Å². The molecule has 0 aliphatic heterocycles. The van der Waals surface area contributed by atoms with Gasteiger partial charge in [-0.1, -0.05) is 41.1 Å². The van der Waals surface area contributed by atoms with Gasteiger partial charge >= 0.3 is 0 Å². The molecular formula is C15H13BrO2. The van der Waals surface area contributed by atoms with E-state index in [0.717, 1.165) is 10.2 Å². The number of carbonyl (C=O) groups excluding carboxylic acids is 1. The summed E-state index contributed by atoms with van der Waals surface area (Å²) >= 11 is 3.39. The van der Waals surface area contributed by atoms with Crippen molar-refractivity contribution in [1.29, 1.82) is 0 Å². The molecule has 0 atom stereocenters. The fraction of sp³-hybridized carbons (Fsp3) is 0.133. The summed E-state index contributed by atoms with van der Waals surface area (Å²) in [7, 11) is 0. The van der Waals surface area contributed by atoms with E-state index in [9.17, 15) is 4.79 Å². The van der Waals surface area contributed by atoms with Crippen molar-refractivity contribution in [2.75, 3.05) is 0 Å². The normalized spacial score (nSPS) is 10.1. The quantitative estimate of drug-likeness (QED) is 0.756. The van der Waals surface area contributed by atoms with Gasteiger partial charge in [0.2, 0.25) is 0 Å². The molecule has 0 heterocycles. The van der Waals surface area contributed by atoms with Gasteiger partial charge in [0.1, 0.15) is 11.5 Å². The highest BCUT2D eigenvalue weighted by atomic mass is 79.9. The maximum atomic E-state index is 11.6. The molecule has 0 fully saturated rings. The largest absolute Gasteiger partial charge is 0.457 e. The third-order valence-corrected chi connectivity index (χ3v) is 3.00. The molecule has 0 unspecified atom stereocenters. The minimum atomic E-state index is 0.120. The zero-order valence-corrected chi connectivity index (χ0v) is 11.6. The Kier molecular flexibility index (Phi) is 4.15. The smallest absolute Gasteiger partial charge is 0.162 e. The average molecular weight is 305 g/mol. The number of Topliss-reactive ketones (excluding diaryl/α,β-unsaturated/α-hetero) is 1. The van der Waals surface area contributed by atoms with Gasteiger partial charge in [-0.3, -0.25) is 4.79 Å². The molecule has 92 valence electrons. The van der Waals surface area contributed by atoms with E-state index in [1.807, 2.05) is 43.3 Å². The second-order valence-electron chi connectivity index (χ2n) is 3.86. The molecule has 0 saturated heterocycles. The van der Waals surface area contributed by atoms with Gasteiger partial charge in [-0.25, -0.2) is 0 Å². The molecule has 0 radical (unpaired) electrons. The van der Waals surface area contributed by atoms with Crippen molar-refractivity contribution < 1.29 is 9.53 Å². The predicted octanol–water partition coefficient (Wildman–Crippen LogP) is 4.83. The second kappa shape index (κ2) is 5.83. The van der Waals surface area contributed by atoms with Crippen molar-refractivity contribution in [3.63, 3.8) is 0 Å². The summed E-state index contributed by atoms with van der Waals surface area (Å²) in [4.78, 5) is 11.6. The number of hydrogen-bond acceptors (Lipinski definition) is 2. The van der Waals surface area contributed by atoms with Gasteiger partial charge in [0.15, 0.2) is 5.78 Å². The van der Waals surface area contributed by atoms with Crippen LogP contribution in [0.15, 0.2) is 53.0 Å². The zero-order chi connectivity index (χ0) is 13.0. The minimum absolute atomic E-state index is 0.120. The number of hydrogen-bond donors (Lipinski definition) is 0. The lowest BCUT2D eigenvalue weighted by atomic mass is 10.1. The Morgan fingerprint density at radius 2 is 1.78 bits per heavy atom. The molecule has 0 bridgehead atoms. The van der Waals surface area contributed by atoms with Crippen LogP contribution in [-0.4, -0.2) is 5.78 Å². The Morgan fingerprint density at radius 3 is 2.44 bits per heavy atom. The Hall–Kier alpha value is -1.61. The lowest BCUT2D eigenvalue weighted by Gasteiger charge is -2.07. The topological polar surface area (TPSA) is 26.3 Å². The van der Waals surface area contributed by atoms with Crippen LogP contribution in [0.3, 0.4) is 0 Å². The molecule has 2 aromatic rings. The standard InChI is InChI=1S/C15H13BrO2/c1-2-15(17)11-5-3-7-13(9-11)18-14-8-4-6-12(16)10-14/h3-10H,2H2,1H3. The molecule has 18 heavy (non-hydrogen) atoms. The van der Waals surface area contributed by atoms with Crippen LogP contribution in [0.5, 0.6) is 11.5 Å². The SMILES string of the molecule is CCC(=O)c1cccc(Oc2cccc(Br)c2)c1. The van der Waals surface area contributed by atoms with Crippen molar-refractivity contribution >= 4 is 21.7 Å². The van der Waals surface area contributed by atoms with Crippen molar-refractivity contribution in [2.45, 2.75) is 13.3 Å². The molecule has 0 N–H and O–H groups in total. The van der Waals surface area contributed by atoms with E-state index in [2.05, 4.69) is 15.9 Å². The Morgan fingerprint density at radius 1 is 1.11 bits per heavy atom. The fourth-order valence-corrected chi connectivity index (χ4v) is 1.98. The van der Waals surface area contributed by atoms with E-state index in [4.69, 9.17) is 4.74 Å². The van der Waals surface area contributed by atoms with E-state index in [1.165, 1.54) is 0 Å². The van der Waals surface area contributed by atoms with Crippen molar-refractivity contribution in [1.82, 2.24) is 0 Å². The van der Waals surface area contributed by atoms with Gasteiger partial charge in [0.25, 0.3) is 0 Å². The predicted molar refractivity (Wildman–Crippen MR) is 75.3 cm³/mol. The van der Waals surface area contributed by atoms with Gasteiger partial charge in [-0.15, -0.1) is 0 Å². The maximum Gasteiger partial charge on any atom is 0.162 e. The van der Waals surface area contributed by atoms with Gasteiger partial charge in [-0.2, -0.15) is 0 Å². The number of carbonyl (C=O) groups is 1. The minimum Gasteiger partial charge on any atom is -0.457 e. The third-order valence-electron chi connectivity index (χ3n) is 2.51. The van der Waals surface area contributed by atoms with E-state index in [-0.39, 0.29) is 5.78 Å². The highest BCUT2D eigenvalue weighted by Gasteiger charge is 2.05. The summed E-state index contributed by atoms with van der Waals surface area (Å²) in [5.74, 6) is 1.53. The van der Waals surface area contributed by atoms with Crippen LogP contribution in [0, 0.1) is 0 Å². The Bertz CT molecular complexity index is 564. The molecule has 0 amide bonds. The van der Waals surface area contributed by atoms with Crippen LogP contribution < -0.4 is 4.74 Å². The highest BCUT2D eigenvalue weighted by molar-refractivity contribution is 9.10. The molecule has 3 heteroatoms. The van der Waals surface area contributed by atoms with E-state index in [1.54, 1.807) is 12.1 Å². The first-order valence-corrected chi connectivity index (χ1v) is 6.55. The first-order chi connectivity index (χ1) is 8.69. The lowest BCUT2D eigenvalue weighted by molar-refractivity contribution is 0.0988. The van der Waals surface area contributed by atoms with Gasteiger partial charge < -0.3 is 4.74 Å². The highest BCUT2D eigenvalue weighted by Crippen LogP contribution is 2.25. The average Bonchev–Trinajstić information content (AvgIpc) is 2.38. The number of rotatable bonds is 4. The Labute approximate surface area is 115 Å². The number of ketones is 1. The number of benzene rings is 2. The van der Waals surface area contributed by atoms with Crippen molar-refractivity contribution in [3.05, 3.63) is 58.6 Å². The Balaban J connectivity index is 2.22. The third kappa shape index (κ3) is 3.20. The van der Waals surface area contributed by atoms with Crippen LogP contribution >= 0.6 is 15.9 Å². The molecule has 2 rings (SSSR count). The summed E-state index contributed by atoms with van der Waals surface area (Å²) in [6.07, 6.45) is 0.500. The monoisotopic (exact) mass is 304 g/mol. The zero-order valence-electron chi connectivity index (χ0n) is 10.0. The second-order valence-corrected chi connectivity index (χ2v) is 4.78. The van der Waals surface area contributed by atoms with E-state index >= 15 is 0 Å². The van der Waals surface area contributed by atoms with E-state index < -0.39 is 0 Å². The van der Waals surface area contributed by atoms with Gasteiger partial charge in [0.05, 0.1) is 0 Å². The summed E-state index contributed by atoms with van der Waals surface area (Å²) in [6, 6.07) is 14.8. The lowest BCUT2D eigenvalue weighted by Crippen LogP contribution is -1.96. The molecule has 2 aromatic carbocycles. The maximum absolute atomic E-state index is 11.6. The summed E-state index contributed by atoms with van der Waals surface area (Å²) in [5, 5.41) is 0. The molecule has 0 aliphatic rings. The molecule has 0 saturated carbocycles. The van der Waals surface area contributed by atoms with Gasteiger partial charge in [-0.05, 0) is 30.3 Å². The van der Waals surface area contributed by atoms with Crippen molar-refractivity contribution in [2.24, 2.45) is 0 Å². The molecule has 0 spiro atoms. The number of halogens is 1. The molecular weight excluding hydrogens is 292 g/mol. The molecule has 2 nitrogen and oxygen atoms in total. The van der Waals surface area contributed by atoms with Crippen LogP contribution in [-0.2, 0) is 0 Å². The summed E-state index contributed by atoms with van der Waals surface area (Å²) in [5.41, 5.74) is 0.685. The first-order valence-electron chi connectivity index (χ1n) is 5.75. The van der Waals surface area contributed by atoms with Gasteiger partial charge in [0, 0.05) is 16.5 Å². The summed E-state index contributed by atoms with van der Waals surface area (Å²) < 4.78 is 6.67. The van der Waals surface area contributed by atoms with Crippen LogP contribution in [0.1, 0.15) is 23.7 Å².